The first kappa shape index (κ1) is 13.4. The summed E-state index contributed by atoms with van der Waals surface area (Å²) >= 11 is 1.68. The van der Waals surface area contributed by atoms with Gasteiger partial charge in [-0.05, 0) is 36.8 Å². The van der Waals surface area contributed by atoms with Crippen LogP contribution in [0.15, 0.2) is 41.3 Å². The van der Waals surface area contributed by atoms with Gasteiger partial charge in [-0.2, -0.15) is 0 Å². The summed E-state index contributed by atoms with van der Waals surface area (Å²) in [6.45, 7) is 0.402. The predicted octanol–water partition coefficient (Wildman–Crippen LogP) is 2.86. The summed E-state index contributed by atoms with van der Waals surface area (Å²) in [5, 5.41) is 0. The molecule has 1 aliphatic heterocycles. The molecule has 4 heteroatoms. The van der Waals surface area contributed by atoms with E-state index in [4.69, 9.17) is 0 Å². The smallest absolute Gasteiger partial charge is 0.233 e. The third kappa shape index (κ3) is 2.29. The Bertz CT molecular complexity index is 538. The van der Waals surface area contributed by atoms with Gasteiger partial charge in [0.2, 0.25) is 11.8 Å². The lowest BCUT2D eigenvalue weighted by Gasteiger charge is -2.14. The lowest BCUT2D eigenvalue weighted by molar-refractivity contribution is -0.140. The molecule has 1 aliphatic carbocycles. The van der Waals surface area contributed by atoms with Gasteiger partial charge in [0, 0.05) is 4.90 Å². The fourth-order valence-electron chi connectivity index (χ4n) is 2.94. The highest BCUT2D eigenvalue weighted by Crippen LogP contribution is 2.35. The van der Waals surface area contributed by atoms with Crippen LogP contribution in [0.5, 0.6) is 0 Å². The Labute approximate surface area is 123 Å². The van der Waals surface area contributed by atoms with Gasteiger partial charge in [-0.1, -0.05) is 24.3 Å². The average molecular weight is 287 g/mol. The van der Waals surface area contributed by atoms with E-state index in [0.717, 1.165) is 5.56 Å². The van der Waals surface area contributed by atoms with E-state index in [9.17, 15) is 9.59 Å². The summed E-state index contributed by atoms with van der Waals surface area (Å²) in [7, 11) is 0. The van der Waals surface area contributed by atoms with Gasteiger partial charge in [-0.3, -0.25) is 14.5 Å². The summed E-state index contributed by atoms with van der Waals surface area (Å²) in [5.41, 5.74) is 1.01. The van der Waals surface area contributed by atoms with E-state index < -0.39 is 0 Å². The maximum Gasteiger partial charge on any atom is 0.233 e. The highest BCUT2D eigenvalue weighted by atomic mass is 32.2. The van der Waals surface area contributed by atoms with Crippen molar-refractivity contribution in [2.45, 2.75) is 24.3 Å². The Morgan fingerprint density at radius 2 is 1.60 bits per heavy atom. The van der Waals surface area contributed by atoms with Gasteiger partial charge >= 0.3 is 0 Å². The van der Waals surface area contributed by atoms with Crippen LogP contribution in [0.4, 0.5) is 0 Å². The summed E-state index contributed by atoms with van der Waals surface area (Å²) in [4.78, 5) is 27.3. The molecule has 1 heterocycles. The van der Waals surface area contributed by atoms with Gasteiger partial charge in [-0.15, -0.1) is 11.8 Å². The first-order chi connectivity index (χ1) is 9.70. The molecule has 0 saturated carbocycles. The molecule has 0 unspecified atom stereocenters. The van der Waals surface area contributed by atoms with E-state index in [1.807, 2.05) is 42.7 Å². The van der Waals surface area contributed by atoms with E-state index in [1.165, 1.54) is 9.80 Å². The second kappa shape index (κ2) is 5.44. The number of nitrogens with zero attached hydrogens (tertiary/aromatic N) is 1. The molecule has 0 radical (unpaired) electrons. The molecular weight excluding hydrogens is 270 g/mol. The minimum atomic E-state index is -0.127. The lowest BCUT2D eigenvalue weighted by Crippen LogP contribution is -2.30. The van der Waals surface area contributed by atoms with Gasteiger partial charge in [0.05, 0.1) is 18.4 Å². The SMILES string of the molecule is CSc1ccc(CN2C(=O)[C@H]3CC=CC[C@@H]3C2=O)cc1. The van der Waals surface area contributed by atoms with E-state index in [0.29, 0.717) is 19.4 Å². The van der Waals surface area contributed by atoms with Crippen LogP contribution in [0.25, 0.3) is 0 Å². The number of likely N-dealkylation sites (tertiary alicyclic amines) is 1. The average Bonchev–Trinajstić information content (AvgIpc) is 2.74. The normalized spacial score (nSPS) is 25.1. The van der Waals surface area contributed by atoms with Crippen LogP contribution in [-0.4, -0.2) is 23.0 Å². The van der Waals surface area contributed by atoms with Crippen molar-refractivity contribution in [1.82, 2.24) is 4.90 Å². The molecule has 0 N–H and O–H groups in total. The number of imide groups is 1. The van der Waals surface area contributed by atoms with E-state index in [1.54, 1.807) is 11.8 Å². The Balaban J connectivity index is 1.77. The van der Waals surface area contributed by atoms with Gasteiger partial charge in [-0.25, -0.2) is 0 Å². The molecule has 2 aliphatic rings. The van der Waals surface area contributed by atoms with Crippen molar-refractivity contribution in [2.24, 2.45) is 11.8 Å². The minimum Gasteiger partial charge on any atom is -0.278 e. The van der Waals surface area contributed by atoms with Crippen LogP contribution in [0, 0.1) is 11.8 Å². The first-order valence-corrected chi connectivity index (χ1v) is 8.06. The number of amides is 2. The molecule has 0 spiro atoms. The van der Waals surface area contributed by atoms with Gasteiger partial charge in [0.15, 0.2) is 0 Å². The number of benzene rings is 1. The molecule has 2 amide bonds. The van der Waals surface area contributed by atoms with Gasteiger partial charge in [0.25, 0.3) is 0 Å². The molecule has 1 aromatic rings. The fraction of sp³-hybridized carbons (Fsp3) is 0.375. The highest BCUT2D eigenvalue weighted by Gasteiger charge is 2.46. The fourth-order valence-corrected chi connectivity index (χ4v) is 3.35. The van der Waals surface area contributed by atoms with Crippen molar-refractivity contribution < 1.29 is 9.59 Å². The summed E-state index contributed by atoms with van der Waals surface area (Å²) in [6, 6.07) is 8.04. The van der Waals surface area contributed by atoms with Crippen LogP contribution in [0.1, 0.15) is 18.4 Å². The van der Waals surface area contributed by atoms with Crippen molar-refractivity contribution in [3.8, 4) is 0 Å². The molecule has 0 bridgehead atoms. The number of hydrogen-bond acceptors (Lipinski definition) is 3. The molecule has 1 saturated heterocycles. The highest BCUT2D eigenvalue weighted by molar-refractivity contribution is 7.98. The maximum absolute atomic E-state index is 12.3. The second-order valence-electron chi connectivity index (χ2n) is 5.27. The number of carbonyl (C=O) groups excluding carboxylic acids is 2. The third-order valence-electron chi connectivity index (χ3n) is 4.10. The number of allylic oxidation sites excluding steroid dienone is 2. The first-order valence-electron chi connectivity index (χ1n) is 6.84. The lowest BCUT2D eigenvalue weighted by atomic mass is 9.85. The zero-order valence-electron chi connectivity index (χ0n) is 11.4. The standard InChI is InChI=1S/C16H17NO2S/c1-20-12-8-6-11(7-9-12)10-17-15(18)13-4-2-3-5-14(13)16(17)19/h2-3,6-9,13-14H,4-5,10H2,1H3/t13-,14-/m0/s1. The number of fused-ring (bicyclic) bond motifs is 1. The topological polar surface area (TPSA) is 37.4 Å². The van der Waals surface area contributed by atoms with Gasteiger partial charge in [0.1, 0.15) is 0 Å². The number of carbonyl (C=O) groups is 2. The largest absolute Gasteiger partial charge is 0.278 e. The zero-order chi connectivity index (χ0) is 14.1. The van der Waals surface area contributed by atoms with E-state index in [2.05, 4.69) is 0 Å². The summed E-state index contributed by atoms with van der Waals surface area (Å²) in [6.07, 6.45) is 7.47. The summed E-state index contributed by atoms with van der Waals surface area (Å²) < 4.78 is 0. The van der Waals surface area contributed by atoms with Crippen molar-refractivity contribution in [3.05, 3.63) is 42.0 Å². The Morgan fingerprint density at radius 1 is 1.05 bits per heavy atom. The molecule has 0 aromatic heterocycles. The van der Waals surface area contributed by atoms with Crippen molar-refractivity contribution in [3.63, 3.8) is 0 Å². The minimum absolute atomic E-state index is 0.00158. The Morgan fingerprint density at radius 3 is 2.10 bits per heavy atom. The Kier molecular flexibility index (Phi) is 3.66. The van der Waals surface area contributed by atoms with Crippen LogP contribution in [0.3, 0.4) is 0 Å². The monoisotopic (exact) mass is 287 g/mol. The molecule has 2 atom stereocenters. The third-order valence-corrected chi connectivity index (χ3v) is 4.84. The molecule has 1 aromatic carbocycles. The van der Waals surface area contributed by atoms with Crippen molar-refractivity contribution >= 4 is 23.6 Å². The molecule has 104 valence electrons. The molecular formula is C16H17NO2S. The number of thioether (sulfide) groups is 1. The second-order valence-corrected chi connectivity index (χ2v) is 6.15. The molecule has 3 nitrogen and oxygen atoms in total. The van der Waals surface area contributed by atoms with E-state index >= 15 is 0 Å². The van der Waals surface area contributed by atoms with Crippen LogP contribution in [0.2, 0.25) is 0 Å². The van der Waals surface area contributed by atoms with Crippen molar-refractivity contribution in [1.29, 1.82) is 0 Å². The van der Waals surface area contributed by atoms with Crippen LogP contribution >= 0.6 is 11.8 Å². The van der Waals surface area contributed by atoms with Crippen LogP contribution in [-0.2, 0) is 16.1 Å². The summed E-state index contributed by atoms with van der Waals surface area (Å²) in [5.74, 6) is -0.257. The molecule has 20 heavy (non-hydrogen) atoms. The quantitative estimate of drug-likeness (QED) is 0.487. The van der Waals surface area contributed by atoms with Crippen molar-refractivity contribution in [2.75, 3.05) is 6.26 Å². The zero-order valence-corrected chi connectivity index (χ0v) is 12.2. The molecule has 1 fully saturated rings. The maximum atomic E-state index is 12.3. The van der Waals surface area contributed by atoms with Gasteiger partial charge < -0.3 is 0 Å². The Hall–Kier alpha value is -1.55. The number of rotatable bonds is 3. The molecule has 3 rings (SSSR count). The van der Waals surface area contributed by atoms with E-state index in [-0.39, 0.29) is 23.7 Å². The predicted molar refractivity (Wildman–Crippen MR) is 79.1 cm³/mol. The number of hydrogen-bond donors (Lipinski definition) is 0. The van der Waals surface area contributed by atoms with Crippen LogP contribution < -0.4 is 0 Å².